The molecule has 1 rings (SSSR count). The molecule has 3 heteroatoms. The molecule has 0 atom stereocenters. The van der Waals surface area contributed by atoms with Crippen LogP contribution in [0.2, 0.25) is 0 Å². The van der Waals surface area contributed by atoms with Crippen LogP contribution >= 0.6 is 0 Å². The number of hydrogen-bond donors (Lipinski definition) is 2. The van der Waals surface area contributed by atoms with Crippen molar-refractivity contribution in [2.45, 2.75) is 6.92 Å². The van der Waals surface area contributed by atoms with Gasteiger partial charge in [-0.25, -0.2) is 0 Å². The van der Waals surface area contributed by atoms with Crippen LogP contribution < -0.4 is 11.1 Å². The summed E-state index contributed by atoms with van der Waals surface area (Å²) >= 11 is 0. The zero-order valence-electron chi connectivity index (χ0n) is 6.22. The number of para-hydroxylation sites is 1. The molecule has 1 aromatic carbocycles. The van der Waals surface area contributed by atoms with Gasteiger partial charge in [-0.05, 0) is 6.07 Å². The number of nitrogens with one attached hydrogen (secondary N) is 1. The van der Waals surface area contributed by atoms with Crippen LogP contribution in [0.15, 0.2) is 18.2 Å². The van der Waals surface area contributed by atoms with Crippen LogP contribution in [-0.2, 0) is 4.79 Å². The first kappa shape index (κ1) is 7.60. The number of rotatable bonds is 1. The van der Waals surface area contributed by atoms with Gasteiger partial charge in [-0.3, -0.25) is 4.79 Å². The van der Waals surface area contributed by atoms with Gasteiger partial charge < -0.3 is 11.1 Å². The van der Waals surface area contributed by atoms with Crippen molar-refractivity contribution < 1.29 is 4.79 Å². The SMILES string of the molecule is CC(=O)Nc1ccc[c]c1N. The highest BCUT2D eigenvalue weighted by Crippen LogP contribution is 2.15. The molecule has 0 saturated carbocycles. The molecule has 11 heavy (non-hydrogen) atoms. The average Bonchev–Trinajstić information content (AvgIpc) is 1.93. The summed E-state index contributed by atoms with van der Waals surface area (Å²) in [6, 6.07) is 7.96. The number of amides is 1. The normalized spacial score (nSPS) is 9.18. The Morgan fingerprint density at radius 3 is 3.00 bits per heavy atom. The van der Waals surface area contributed by atoms with Crippen LogP contribution in [0.5, 0.6) is 0 Å². The zero-order chi connectivity index (χ0) is 8.27. The Labute approximate surface area is 65.2 Å². The molecule has 0 bridgehead atoms. The molecule has 0 fully saturated rings. The standard InChI is InChI=1S/C8H9N2O/c1-6(11)10-8-5-3-2-4-7(8)9/h2-3,5H,9H2,1H3,(H,10,11). The molecule has 1 amide bonds. The lowest BCUT2D eigenvalue weighted by molar-refractivity contribution is -0.114. The predicted molar refractivity (Wildman–Crippen MR) is 44.0 cm³/mol. The van der Waals surface area contributed by atoms with Gasteiger partial charge in [0.05, 0.1) is 11.4 Å². The molecular weight excluding hydrogens is 140 g/mol. The van der Waals surface area contributed by atoms with Gasteiger partial charge in [0.1, 0.15) is 0 Å². The highest BCUT2D eigenvalue weighted by atomic mass is 16.1. The van der Waals surface area contributed by atoms with E-state index < -0.39 is 0 Å². The maximum Gasteiger partial charge on any atom is 0.221 e. The van der Waals surface area contributed by atoms with Crippen LogP contribution in [0.25, 0.3) is 0 Å². The van der Waals surface area contributed by atoms with Crippen molar-refractivity contribution >= 4 is 17.3 Å². The topological polar surface area (TPSA) is 55.1 Å². The fourth-order valence-corrected chi connectivity index (χ4v) is 0.748. The molecule has 0 aliphatic rings. The Bertz CT molecular complexity index is 271. The molecule has 0 heterocycles. The van der Waals surface area contributed by atoms with E-state index in [1.165, 1.54) is 6.92 Å². The third kappa shape index (κ3) is 1.97. The minimum atomic E-state index is -0.128. The molecular formula is C8H9N2O. The van der Waals surface area contributed by atoms with Crippen LogP contribution in [-0.4, -0.2) is 5.91 Å². The number of carbonyl (C=O) groups excluding carboxylic acids is 1. The third-order valence-corrected chi connectivity index (χ3v) is 1.20. The van der Waals surface area contributed by atoms with E-state index in [0.717, 1.165) is 0 Å². The lowest BCUT2D eigenvalue weighted by atomic mass is 10.3. The molecule has 0 aliphatic heterocycles. The van der Waals surface area contributed by atoms with Crippen LogP contribution in [0.4, 0.5) is 11.4 Å². The Balaban J connectivity index is 2.86. The first-order valence-corrected chi connectivity index (χ1v) is 3.24. The van der Waals surface area contributed by atoms with Gasteiger partial charge >= 0.3 is 0 Å². The molecule has 0 spiro atoms. The number of nitrogen functional groups attached to an aromatic ring is 1. The average molecular weight is 149 g/mol. The first-order chi connectivity index (χ1) is 5.20. The number of benzene rings is 1. The number of hydrogen-bond acceptors (Lipinski definition) is 2. The molecule has 0 unspecified atom stereocenters. The second kappa shape index (κ2) is 3.05. The van der Waals surface area contributed by atoms with E-state index >= 15 is 0 Å². The maximum absolute atomic E-state index is 10.6. The van der Waals surface area contributed by atoms with Crippen LogP contribution in [0.1, 0.15) is 6.92 Å². The molecule has 1 aromatic rings. The van der Waals surface area contributed by atoms with Crippen LogP contribution in [0, 0.1) is 6.07 Å². The monoisotopic (exact) mass is 149 g/mol. The summed E-state index contributed by atoms with van der Waals surface area (Å²) < 4.78 is 0. The van der Waals surface area contributed by atoms with Gasteiger partial charge in [-0.2, -0.15) is 0 Å². The maximum atomic E-state index is 10.6. The number of nitrogens with two attached hydrogens (primary N) is 1. The summed E-state index contributed by atoms with van der Waals surface area (Å²) in [7, 11) is 0. The van der Waals surface area contributed by atoms with Gasteiger partial charge in [0.15, 0.2) is 0 Å². The minimum absolute atomic E-state index is 0.128. The van der Waals surface area contributed by atoms with Crippen molar-refractivity contribution in [3.05, 3.63) is 24.3 Å². The van der Waals surface area contributed by atoms with Gasteiger partial charge in [-0.15, -0.1) is 0 Å². The summed E-state index contributed by atoms with van der Waals surface area (Å²) in [5.41, 5.74) is 6.57. The minimum Gasteiger partial charge on any atom is -0.397 e. The van der Waals surface area contributed by atoms with Gasteiger partial charge in [0.2, 0.25) is 5.91 Å². The lowest BCUT2D eigenvalue weighted by Crippen LogP contribution is -2.07. The smallest absolute Gasteiger partial charge is 0.221 e. The largest absolute Gasteiger partial charge is 0.397 e. The Morgan fingerprint density at radius 1 is 1.73 bits per heavy atom. The van der Waals surface area contributed by atoms with Crippen molar-refractivity contribution in [2.75, 3.05) is 11.1 Å². The first-order valence-electron chi connectivity index (χ1n) is 3.24. The molecule has 3 nitrogen and oxygen atoms in total. The van der Waals surface area contributed by atoms with E-state index in [0.29, 0.717) is 11.4 Å². The summed E-state index contributed by atoms with van der Waals surface area (Å²) in [4.78, 5) is 10.6. The highest BCUT2D eigenvalue weighted by molar-refractivity contribution is 5.91. The number of anilines is 2. The lowest BCUT2D eigenvalue weighted by Gasteiger charge is -2.03. The summed E-state index contributed by atoms with van der Waals surface area (Å²) in [5.74, 6) is -0.128. The summed E-state index contributed by atoms with van der Waals surface area (Å²) in [5, 5.41) is 2.58. The fourth-order valence-electron chi connectivity index (χ4n) is 0.748. The van der Waals surface area contributed by atoms with E-state index in [1.807, 2.05) is 0 Å². The van der Waals surface area contributed by atoms with Crippen LogP contribution in [0.3, 0.4) is 0 Å². The molecule has 0 saturated heterocycles. The second-order valence-electron chi connectivity index (χ2n) is 2.18. The van der Waals surface area contributed by atoms with E-state index in [2.05, 4.69) is 11.4 Å². The van der Waals surface area contributed by atoms with Crippen molar-refractivity contribution in [1.29, 1.82) is 0 Å². The van der Waals surface area contributed by atoms with Crippen molar-refractivity contribution in [2.24, 2.45) is 0 Å². The quantitative estimate of drug-likeness (QED) is 0.586. The van der Waals surface area contributed by atoms with Gasteiger partial charge in [0.25, 0.3) is 0 Å². The molecule has 0 aliphatic carbocycles. The summed E-state index contributed by atoms with van der Waals surface area (Å²) in [6.07, 6.45) is 0. The zero-order valence-corrected chi connectivity index (χ0v) is 6.22. The Hall–Kier alpha value is -1.51. The Kier molecular flexibility index (Phi) is 2.11. The molecule has 57 valence electrons. The van der Waals surface area contributed by atoms with Gasteiger partial charge in [0, 0.05) is 13.0 Å². The number of carbonyl (C=O) groups is 1. The molecule has 0 aromatic heterocycles. The highest BCUT2D eigenvalue weighted by Gasteiger charge is 1.97. The van der Waals surface area contributed by atoms with E-state index in [4.69, 9.17) is 5.73 Å². The molecule has 3 N–H and O–H groups in total. The van der Waals surface area contributed by atoms with Crippen molar-refractivity contribution in [1.82, 2.24) is 0 Å². The van der Waals surface area contributed by atoms with Gasteiger partial charge in [-0.1, -0.05) is 12.1 Å². The van der Waals surface area contributed by atoms with E-state index in [-0.39, 0.29) is 5.91 Å². The third-order valence-electron chi connectivity index (χ3n) is 1.20. The van der Waals surface area contributed by atoms with E-state index in [1.54, 1.807) is 18.2 Å². The van der Waals surface area contributed by atoms with Crippen molar-refractivity contribution in [3.63, 3.8) is 0 Å². The van der Waals surface area contributed by atoms with E-state index in [9.17, 15) is 4.79 Å². The predicted octanol–water partition coefficient (Wildman–Crippen LogP) is 1.03. The molecule has 1 radical (unpaired) electrons. The second-order valence-corrected chi connectivity index (χ2v) is 2.18. The Morgan fingerprint density at radius 2 is 2.45 bits per heavy atom. The fraction of sp³-hybridized carbons (Fsp3) is 0.125. The van der Waals surface area contributed by atoms with Crippen molar-refractivity contribution in [3.8, 4) is 0 Å². The summed E-state index contributed by atoms with van der Waals surface area (Å²) in [6.45, 7) is 1.44.